The molecular formula is C18H24F3NO3. The number of rotatable bonds is 6. The highest BCUT2D eigenvalue weighted by atomic mass is 19.4. The van der Waals surface area contributed by atoms with Crippen molar-refractivity contribution in [3.8, 4) is 0 Å². The largest absolute Gasteiger partial charge is 0.416 e. The molecule has 0 N–H and O–H groups in total. The van der Waals surface area contributed by atoms with Gasteiger partial charge in [-0.05, 0) is 36.5 Å². The topological polar surface area (TPSA) is 38.8 Å². The summed E-state index contributed by atoms with van der Waals surface area (Å²) in [6.45, 7) is 4.47. The molecule has 1 aromatic rings. The van der Waals surface area contributed by atoms with Crippen molar-refractivity contribution in [3.63, 3.8) is 0 Å². The SMILES string of the molecule is COCCN(CC1(C)CCOCC1)C(=O)c1cccc(C(F)(F)F)c1. The van der Waals surface area contributed by atoms with Crippen molar-refractivity contribution in [1.82, 2.24) is 4.90 Å². The van der Waals surface area contributed by atoms with Crippen LogP contribution in [0.4, 0.5) is 13.2 Å². The van der Waals surface area contributed by atoms with Crippen molar-refractivity contribution in [3.05, 3.63) is 35.4 Å². The van der Waals surface area contributed by atoms with Gasteiger partial charge in [0.15, 0.2) is 0 Å². The van der Waals surface area contributed by atoms with Crippen LogP contribution in [-0.4, -0.2) is 50.8 Å². The Hall–Kier alpha value is -1.60. The number of benzene rings is 1. The Morgan fingerprint density at radius 3 is 2.60 bits per heavy atom. The van der Waals surface area contributed by atoms with E-state index in [1.165, 1.54) is 19.2 Å². The summed E-state index contributed by atoms with van der Waals surface area (Å²) in [5.41, 5.74) is -0.882. The van der Waals surface area contributed by atoms with Gasteiger partial charge in [0.2, 0.25) is 0 Å². The van der Waals surface area contributed by atoms with Crippen LogP contribution in [0.25, 0.3) is 0 Å². The summed E-state index contributed by atoms with van der Waals surface area (Å²) in [5.74, 6) is -0.407. The van der Waals surface area contributed by atoms with Crippen LogP contribution < -0.4 is 0 Å². The summed E-state index contributed by atoms with van der Waals surface area (Å²) in [5, 5.41) is 0. The van der Waals surface area contributed by atoms with E-state index in [-0.39, 0.29) is 11.0 Å². The first-order chi connectivity index (χ1) is 11.7. The molecule has 25 heavy (non-hydrogen) atoms. The number of ether oxygens (including phenoxy) is 2. The maximum atomic E-state index is 12.9. The molecule has 4 nitrogen and oxygen atoms in total. The maximum absolute atomic E-state index is 12.9. The van der Waals surface area contributed by atoms with E-state index < -0.39 is 17.6 Å². The first-order valence-electron chi connectivity index (χ1n) is 8.28. The molecule has 1 aliphatic rings. The number of alkyl halides is 3. The normalized spacial score (nSPS) is 17.3. The molecule has 0 radical (unpaired) electrons. The Kier molecular flexibility index (Phi) is 6.46. The molecule has 0 bridgehead atoms. The molecule has 0 atom stereocenters. The van der Waals surface area contributed by atoms with E-state index in [0.29, 0.717) is 32.9 Å². The molecule has 1 aliphatic heterocycles. The number of hydrogen-bond acceptors (Lipinski definition) is 3. The summed E-state index contributed by atoms with van der Waals surface area (Å²) in [7, 11) is 1.53. The monoisotopic (exact) mass is 359 g/mol. The van der Waals surface area contributed by atoms with Crippen LogP contribution >= 0.6 is 0 Å². The van der Waals surface area contributed by atoms with Crippen molar-refractivity contribution < 1.29 is 27.4 Å². The van der Waals surface area contributed by atoms with Crippen molar-refractivity contribution in [2.75, 3.05) is 40.0 Å². The third kappa shape index (κ3) is 5.44. The standard InChI is InChI=1S/C18H24F3NO3/c1-17(6-9-25-10-7-17)13-22(8-11-24-2)16(23)14-4-3-5-15(12-14)18(19,20)21/h3-5,12H,6-11,13H2,1-2H3. The number of amides is 1. The Bertz CT molecular complexity index is 583. The quantitative estimate of drug-likeness (QED) is 0.779. The second-order valence-electron chi connectivity index (χ2n) is 6.72. The predicted molar refractivity (Wildman–Crippen MR) is 87.4 cm³/mol. The van der Waals surface area contributed by atoms with Crippen LogP contribution in [0.5, 0.6) is 0 Å². The van der Waals surface area contributed by atoms with Gasteiger partial charge in [-0.25, -0.2) is 0 Å². The average molecular weight is 359 g/mol. The van der Waals surface area contributed by atoms with E-state index >= 15 is 0 Å². The zero-order valence-corrected chi connectivity index (χ0v) is 14.6. The van der Waals surface area contributed by atoms with Crippen LogP contribution in [0.15, 0.2) is 24.3 Å². The number of halogens is 3. The number of carbonyl (C=O) groups excluding carboxylic acids is 1. The molecule has 1 fully saturated rings. The fraction of sp³-hybridized carbons (Fsp3) is 0.611. The molecule has 1 amide bonds. The molecule has 2 rings (SSSR count). The van der Waals surface area contributed by atoms with Gasteiger partial charge in [-0.1, -0.05) is 13.0 Å². The minimum Gasteiger partial charge on any atom is -0.383 e. The van der Waals surface area contributed by atoms with Gasteiger partial charge in [-0.3, -0.25) is 4.79 Å². The van der Waals surface area contributed by atoms with Crippen molar-refractivity contribution in [2.24, 2.45) is 5.41 Å². The summed E-state index contributed by atoms with van der Waals surface area (Å²) < 4.78 is 49.2. The minimum atomic E-state index is -4.47. The van der Waals surface area contributed by atoms with Gasteiger partial charge in [-0.15, -0.1) is 0 Å². The maximum Gasteiger partial charge on any atom is 0.416 e. The van der Waals surface area contributed by atoms with Crippen LogP contribution in [-0.2, 0) is 15.7 Å². The zero-order valence-electron chi connectivity index (χ0n) is 14.6. The first kappa shape index (κ1) is 19.7. The van der Waals surface area contributed by atoms with E-state index in [1.54, 1.807) is 4.90 Å². The summed E-state index contributed by atoms with van der Waals surface area (Å²) in [4.78, 5) is 14.4. The molecule has 7 heteroatoms. The molecular weight excluding hydrogens is 335 g/mol. The van der Waals surface area contributed by atoms with Gasteiger partial charge in [0, 0.05) is 39.0 Å². The minimum absolute atomic E-state index is 0.0431. The van der Waals surface area contributed by atoms with E-state index in [9.17, 15) is 18.0 Å². The number of nitrogens with zero attached hydrogens (tertiary/aromatic N) is 1. The molecule has 140 valence electrons. The van der Waals surface area contributed by atoms with E-state index in [1.807, 2.05) is 0 Å². The molecule has 0 aliphatic carbocycles. The van der Waals surface area contributed by atoms with Crippen LogP contribution in [0.2, 0.25) is 0 Å². The Morgan fingerprint density at radius 1 is 1.32 bits per heavy atom. The van der Waals surface area contributed by atoms with Crippen molar-refractivity contribution in [2.45, 2.75) is 25.9 Å². The molecule has 0 saturated carbocycles. The van der Waals surface area contributed by atoms with Crippen molar-refractivity contribution in [1.29, 1.82) is 0 Å². The molecule has 1 saturated heterocycles. The summed E-state index contributed by atoms with van der Waals surface area (Å²) in [6.07, 6.45) is -2.85. The van der Waals surface area contributed by atoms with Gasteiger partial charge in [0.05, 0.1) is 12.2 Å². The fourth-order valence-electron chi connectivity index (χ4n) is 2.95. The Morgan fingerprint density at radius 2 is 2.00 bits per heavy atom. The molecule has 0 unspecified atom stereocenters. The van der Waals surface area contributed by atoms with Gasteiger partial charge in [-0.2, -0.15) is 13.2 Å². The Labute approximate surface area is 145 Å². The van der Waals surface area contributed by atoms with E-state index in [4.69, 9.17) is 9.47 Å². The highest BCUT2D eigenvalue weighted by molar-refractivity contribution is 5.94. The average Bonchev–Trinajstić information content (AvgIpc) is 2.58. The first-order valence-corrected chi connectivity index (χ1v) is 8.28. The molecule has 1 heterocycles. The second-order valence-corrected chi connectivity index (χ2v) is 6.72. The summed E-state index contributed by atoms with van der Waals surface area (Å²) in [6, 6.07) is 4.56. The smallest absolute Gasteiger partial charge is 0.383 e. The fourth-order valence-corrected chi connectivity index (χ4v) is 2.95. The third-order valence-electron chi connectivity index (χ3n) is 4.56. The molecule has 1 aromatic carbocycles. The van der Waals surface area contributed by atoms with Gasteiger partial charge in [0.25, 0.3) is 5.91 Å². The summed E-state index contributed by atoms with van der Waals surface area (Å²) >= 11 is 0. The van der Waals surface area contributed by atoms with Gasteiger partial charge >= 0.3 is 6.18 Å². The van der Waals surface area contributed by atoms with Crippen molar-refractivity contribution >= 4 is 5.91 Å². The molecule has 0 aromatic heterocycles. The third-order valence-corrected chi connectivity index (χ3v) is 4.56. The van der Waals surface area contributed by atoms with Crippen LogP contribution in [0.3, 0.4) is 0 Å². The highest BCUT2D eigenvalue weighted by Gasteiger charge is 2.33. The Balaban J connectivity index is 2.20. The highest BCUT2D eigenvalue weighted by Crippen LogP contribution is 2.32. The van der Waals surface area contributed by atoms with E-state index in [0.717, 1.165) is 25.0 Å². The second kappa shape index (κ2) is 8.19. The van der Waals surface area contributed by atoms with E-state index in [2.05, 4.69) is 6.92 Å². The van der Waals surface area contributed by atoms with Gasteiger partial charge in [0.1, 0.15) is 0 Å². The molecule has 0 spiro atoms. The van der Waals surface area contributed by atoms with Crippen LogP contribution in [0, 0.1) is 5.41 Å². The lowest BCUT2D eigenvalue weighted by molar-refractivity contribution is -0.137. The lowest BCUT2D eigenvalue weighted by Crippen LogP contribution is -2.44. The predicted octanol–water partition coefficient (Wildman–Crippen LogP) is 3.61. The lowest BCUT2D eigenvalue weighted by Gasteiger charge is -2.38. The number of methoxy groups -OCH3 is 1. The zero-order chi connectivity index (χ0) is 18.5. The van der Waals surface area contributed by atoms with Crippen LogP contribution in [0.1, 0.15) is 35.7 Å². The number of carbonyl (C=O) groups is 1. The number of hydrogen-bond donors (Lipinski definition) is 0. The van der Waals surface area contributed by atoms with Gasteiger partial charge < -0.3 is 14.4 Å². The lowest BCUT2D eigenvalue weighted by atomic mass is 9.82.